The molecule has 0 saturated carbocycles. The van der Waals surface area contributed by atoms with Crippen molar-refractivity contribution in [1.82, 2.24) is 4.98 Å². The molecule has 0 fully saturated rings. The summed E-state index contributed by atoms with van der Waals surface area (Å²) in [6, 6.07) is 9.88. The molecule has 0 saturated heterocycles. The van der Waals surface area contributed by atoms with Crippen molar-refractivity contribution in [3.8, 4) is 5.88 Å². The molecule has 3 heteroatoms. The monoisotopic (exact) mass is 203 g/mol. The van der Waals surface area contributed by atoms with Crippen LogP contribution in [0.15, 0.2) is 30.3 Å². The van der Waals surface area contributed by atoms with Gasteiger partial charge in [-0.25, -0.2) is 4.98 Å². The van der Waals surface area contributed by atoms with Crippen LogP contribution in [0.4, 0.5) is 0 Å². The van der Waals surface area contributed by atoms with E-state index in [9.17, 15) is 0 Å². The minimum Gasteiger partial charge on any atom is -0.481 e. The molecule has 78 valence electrons. The van der Waals surface area contributed by atoms with Crippen LogP contribution in [-0.4, -0.2) is 23.8 Å². The van der Waals surface area contributed by atoms with E-state index in [-0.39, 0.29) is 6.61 Å². The summed E-state index contributed by atoms with van der Waals surface area (Å²) >= 11 is 0. The van der Waals surface area contributed by atoms with Gasteiger partial charge in [0.05, 0.1) is 12.6 Å². The zero-order valence-corrected chi connectivity index (χ0v) is 8.60. The molecule has 0 unspecified atom stereocenters. The first-order chi connectivity index (χ1) is 7.35. The number of rotatable bonds is 3. The zero-order chi connectivity index (χ0) is 10.7. The number of hydrogen-bond acceptors (Lipinski definition) is 3. The summed E-state index contributed by atoms with van der Waals surface area (Å²) in [5.41, 5.74) is 1.86. The number of para-hydroxylation sites is 1. The highest BCUT2D eigenvalue weighted by atomic mass is 16.5. The lowest BCUT2D eigenvalue weighted by molar-refractivity contribution is 0.296. The molecule has 0 bridgehead atoms. The first-order valence-electron chi connectivity index (χ1n) is 4.88. The Morgan fingerprint density at radius 3 is 2.87 bits per heavy atom. The van der Waals surface area contributed by atoms with Gasteiger partial charge >= 0.3 is 0 Å². The maximum atomic E-state index is 8.93. The number of fused-ring (bicyclic) bond motifs is 1. The van der Waals surface area contributed by atoms with Crippen LogP contribution < -0.4 is 4.74 Å². The molecule has 1 N–H and O–H groups in total. The highest BCUT2D eigenvalue weighted by Gasteiger charge is 2.05. The van der Waals surface area contributed by atoms with Gasteiger partial charge < -0.3 is 9.84 Å². The summed E-state index contributed by atoms with van der Waals surface area (Å²) in [4.78, 5) is 4.38. The molecule has 0 aliphatic carbocycles. The number of aliphatic hydroxyl groups excluding tert-OH is 1. The predicted molar refractivity (Wildman–Crippen MR) is 59.1 cm³/mol. The van der Waals surface area contributed by atoms with Crippen LogP contribution in [0, 0.1) is 0 Å². The molecule has 1 heterocycles. The van der Waals surface area contributed by atoms with Gasteiger partial charge in [-0.15, -0.1) is 0 Å². The highest BCUT2D eigenvalue weighted by Crippen LogP contribution is 2.22. The second-order valence-corrected chi connectivity index (χ2v) is 3.32. The first kappa shape index (κ1) is 9.93. The van der Waals surface area contributed by atoms with Crippen LogP contribution in [0.1, 0.15) is 5.56 Å². The predicted octanol–water partition coefficient (Wildman–Crippen LogP) is 1.78. The van der Waals surface area contributed by atoms with Crippen LogP contribution in [-0.2, 0) is 6.42 Å². The van der Waals surface area contributed by atoms with Crippen LogP contribution in [0.2, 0.25) is 0 Å². The van der Waals surface area contributed by atoms with E-state index in [1.807, 2.05) is 30.3 Å². The molecular weight excluding hydrogens is 190 g/mol. The van der Waals surface area contributed by atoms with E-state index in [0.29, 0.717) is 12.3 Å². The zero-order valence-electron chi connectivity index (χ0n) is 8.60. The van der Waals surface area contributed by atoms with Crippen molar-refractivity contribution in [2.24, 2.45) is 0 Å². The molecule has 0 spiro atoms. The third kappa shape index (κ3) is 1.92. The van der Waals surface area contributed by atoms with E-state index in [0.717, 1.165) is 16.5 Å². The van der Waals surface area contributed by atoms with Gasteiger partial charge in [-0.05, 0) is 12.1 Å². The SMILES string of the molecule is COc1nc2ccccc2cc1CCO. The van der Waals surface area contributed by atoms with Crippen molar-refractivity contribution in [2.45, 2.75) is 6.42 Å². The van der Waals surface area contributed by atoms with Crippen molar-refractivity contribution in [2.75, 3.05) is 13.7 Å². The number of aliphatic hydroxyl groups is 1. The van der Waals surface area contributed by atoms with Crippen molar-refractivity contribution < 1.29 is 9.84 Å². The smallest absolute Gasteiger partial charge is 0.216 e. The van der Waals surface area contributed by atoms with Gasteiger partial charge in [0.15, 0.2) is 0 Å². The Kier molecular flexibility index (Phi) is 2.83. The fourth-order valence-corrected chi connectivity index (χ4v) is 1.62. The average molecular weight is 203 g/mol. The average Bonchev–Trinajstić information content (AvgIpc) is 2.28. The number of pyridine rings is 1. The Morgan fingerprint density at radius 1 is 1.33 bits per heavy atom. The third-order valence-electron chi connectivity index (χ3n) is 2.34. The second kappa shape index (κ2) is 4.28. The molecule has 0 amide bonds. The maximum Gasteiger partial charge on any atom is 0.216 e. The molecule has 2 aromatic rings. The Hall–Kier alpha value is -1.61. The molecule has 1 aromatic carbocycles. The number of hydrogen-bond donors (Lipinski definition) is 1. The number of benzene rings is 1. The molecule has 0 aliphatic heterocycles. The lowest BCUT2D eigenvalue weighted by Crippen LogP contribution is -1.98. The summed E-state index contributed by atoms with van der Waals surface area (Å²) < 4.78 is 5.18. The number of aromatic nitrogens is 1. The summed E-state index contributed by atoms with van der Waals surface area (Å²) in [5.74, 6) is 0.600. The summed E-state index contributed by atoms with van der Waals surface area (Å²) in [6.07, 6.45) is 0.570. The standard InChI is InChI=1S/C12H13NO2/c1-15-12-10(6-7-14)8-9-4-2-3-5-11(9)13-12/h2-5,8,14H,6-7H2,1H3. The molecule has 2 rings (SSSR count). The van der Waals surface area contributed by atoms with Crippen molar-refractivity contribution in [3.05, 3.63) is 35.9 Å². The van der Waals surface area contributed by atoms with Gasteiger partial charge in [-0.3, -0.25) is 0 Å². The number of nitrogens with zero attached hydrogens (tertiary/aromatic N) is 1. The lowest BCUT2D eigenvalue weighted by Gasteiger charge is -2.07. The Balaban J connectivity index is 2.58. The molecule has 0 aliphatic rings. The normalized spacial score (nSPS) is 10.5. The topological polar surface area (TPSA) is 42.4 Å². The largest absolute Gasteiger partial charge is 0.481 e. The van der Waals surface area contributed by atoms with E-state index < -0.39 is 0 Å². The van der Waals surface area contributed by atoms with Gasteiger partial charge in [0.2, 0.25) is 5.88 Å². The second-order valence-electron chi connectivity index (χ2n) is 3.32. The maximum absolute atomic E-state index is 8.93. The van der Waals surface area contributed by atoms with Crippen LogP contribution >= 0.6 is 0 Å². The fraction of sp³-hybridized carbons (Fsp3) is 0.250. The van der Waals surface area contributed by atoms with E-state index in [1.54, 1.807) is 7.11 Å². The van der Waals surface area contributed by atoms with Gasteiger partial charge in [0, 0.05) is 24.0 Å². The summed E-state index contributed by atoms with van der Waals surface area (Å²) in [5, 5.41) is 10.00. The van der Waals surface area contributed by atoms with E-state index in [4.69, 9.17) is 9.84 Å². The van der Waals surface area contributed by atoms with Crippen molar-refractivity contribution in [1.29, 1.82) is 0 Å². The Bertz CT molecular complexity index is 468. The van der Waals surface area contributed by atoms with Crippen LogP contribution in [0.3, 0.4) is 0 Å². The Morgan fingerprint density at radius 2 is 2.13 bits per heavy atom. The molecule has 0 radical (unpaired) electrons. The Labute approximate surface area is 88.3 Å². The van der Waals surface area contributed by atoms with E-state index >= 15 is 0 Å². The lowest BCUT2D eigenvalue weighted by atomic mass is 10.1. The molecule has 15 heavy (non-hydrogen) atoms. The minimum atomic E-state index is 0.108. The van der Waals surface area contributed by atoms with Crippen LogP contribution in [0.5, 0.6) is 5.88 Å². The van der Waals surface area contributed by atoms with Crippen LogP contribution in [0.25, 0.3) is 10.9 Å². The van der Waals surface area contributed by atoms with E-state index in [2.05, 4.69) is 4.98 Å². The molecule has 1 aromatic heterocycles. The van der Waals surface area contributed by atoms with Crippen molar-refractivity contribution in [3.63, 3.8) is 0 Å². The summed E-state index contributed by atoms with van der Waals surface area (Å²) in [7, 11) is 1.60. The van der Waals surface area contributed by atoms with Gasteiger partial charge in [0.1, 0.15) is 0 Å². The van der Waals surface area contributed by atoms with Gasteiger partial charge in [-0.2, -0.15) is 0 Å². The van der Waals surface area contributed by atoms with Gasteiger partial charge in [0.25, 0.3) is 0 Å². The summed E-state index contributed by atoms with van der Waals surface area (Å²) in [6.45, 7) is 0.108. The number of ether oxygens (including phenoxy) is 1. The molecule has 0 atom stereocenters. The molecule has 3 nitrogen and oxygen atoms in total. The third-order valence-corrected chi connectivity index (χ3v) is 2.34. The number of methoxy groups -OCH3 is 1. The first-order valence-corrected chi connectivity index (χ1v) is 4.88. The highest BCUT2D eigenvalue weighted by molar-refractivity contribution is 5.80. The van der Waals surface area contributed by atoms with Crippen molar-refractivity contribution >= 4 is 10.9 Å². The fourth-order valence-electron chi connectivity index (χ4n) is 1.62. The minimum absolute atomic E-state index is 0.108. The van der Waals surface area contributed by atoms with E-state index in [1.165, 1.54) is 0 Å². The quantitative estimate of drug-likeness (QED) is 0.826. The van der Waals surface area contributed by atoms with Gasteiger partial charge in [-0.1, -0.05) is 18.2 Å². The molecular formula is C12H13NO2.